The first-order valence-electron chi connectivity index (χ1n) is 17.5. The number of thiophene rings is 1. The van der Waals surface area contributed by atoms with Crippen molar-refractivity contribution in [2.24, 2.45) is 0 Å². The van der Waals surface area contributed by atoms with Crippen LogP contribution in [0.4, 0.5) is 0 Å². The van der Waals surface area contributed by atoms with Gasteiger partial charge in [-0.2, -0.15) is 9.97 Å². The number of para-hydroxylation sites is 4. The van der Waals surface area contributed by atoms with Crippen LogP contribution in [-0.2, 0) is 0 Å². The summed E-state index contributed by atoms with van der Waals surface area (Å²) in [5, 5.41) is 4.60. The second kappa shape index (κ2) is 11.8. The Morgan fingerprint density at radius 3 is 1.96 bits per heavy atom. The Balaban J connectivity index is 1.11. The van der Waals surface area contributed by atoms with E-state index in [1.807, 2.05) is 48.5 Å². The first kappa shape index (κ1) is 29.7. The predicted molar refractivity (Wildman–Crippen MR) is 216 cm³/mol. The third-order valence-corrected chi connectivity index (χ3v) is 11.0. The number of nitrogens with zero attached hydrogens (tertiary/aromatic N) is 5. The van der Waals surface area contributed by atoms with Crippen LogP contribution in [0.2, 0.25) is 0 Å². The van der Waals surface area contributed by atoms with Gasteiger partial charge in [-0.15, -0.1) is 11.3 Å². The molecule has 4 heterocycles. The van der Waals surface area contributed by atoms with Gasteiger partial charge in [0.15, 0.2) is 17.2 Å². The lowest BCUT2D eigenvalue weighted by molar-refractivity contribution is 0.620. The van der Waals surface area contributed by atoms with Gasteiger partial charge in [0.2, 0.25) is 11.8 Å². The number of fused-ring (bicyclic) bond motifs is 7. The molecule has 0 radical (unpaired) electrons. The smallest absolute Gasteiger partial charge is 0.238 e. The number of oxazole rings is 1. The van der Waals surface area contributed by atoms with Gasteiger partial charge >= 0.3 is 0 Å². The van der Waals surface area contributed by atoms with E-state index in [1.54, 1.807) is 11.3 Å². The Kier molecular flexibility index (Phi) is 6.62. The molecule has 0 saturated carbocycles. The van der Waals surface area contributed by atoms with E-state index in [0.717, 1.165) is 71.5 Å². The summed E-state index contributed by atoms with van der Waals surface area (Å²) in [5.41, 5.74) is 8.76. The molecule has 0 aliphatic rings. The molecular weight excluding hydrogens is 671 g/mol. The van der Waals surface area contributed by atoms with E-state index in [0.29, 0.717) is 23.5 Å². The van der Waals surface area contributed by atoms with Crippen molar-refractivity contribution in [3.63, 3.8) is 0 Å². The molecule has 11 rings (SSSR count). The minimum atomic E-state index is 0.583. The van der Waals surface area contributed by atoms with Gasteiger partial charge in [0.1, 0.15) is 5.52 Å². The van der Waals surface area contributed by atoms with Crippen molar-refractivity contribution in [1.29, 1.82) is 0 Å². The molecule has 0 amide bonds. The Bertz CT molecular complexity index is 3110. The lowest BCUT2D eigenvalue weighted by atomic mass is 9.99. The SMILES string of the molecule is c1ccc(-c2nc(-c3cccc4sc5ccc(-c6cccc(-c7nc8ccccc8o7)c6)cc5c34)nc(-n3c4ccccc4c4ccccc43)n2)cc1. The quantitative estimate of drug-likeness (QED) is 0.179. The summed E-state index contributed by atoms with van der Waals surface area (Å²) in [4.78, 5) is 20.3. The Labute approximate surface area is 307 Å². The Hall–Kier alpha value is -6.96. The molecule has 6 nitrogen and oxygen atoms in total. The largest absolute Gasteiger partial charge is 0.436 e. The van der Waals surface area contributed by atoms with Crippen LogP contribution in [0.3, 0.4) is 0 Å². The highest BCUT2D eigenvalue weighted by molar-refractivity contribution is 7.26. The van der Waals surface area contributed by atoms with E-state index in [9.17, 15) is 0 Å². The highest BCUT2D eigenvalue weighted by Crippen LogP contribution is 2.42. The molecule has 4 aromatic heterocycles. The van der Waals surface area contributed by atoms with Crippen LogP contribution in [0.5, 0.6) is 0 Å². The fraction of sp³-hybridized carbons (Fsp3) is 0. The van der Waals surface area contributed by atoms with Crippen LogP contribution >= 0.6 is 11.3 Å². The second-order valence-corrected chi connectivity index (χ2v) is 14.2. The summed E-state index contributed by atoms with van der Waals surface area (Å²) < 4.78 is 10.7. The first-order chi connectivity index (χ1) is 26.2. The highest BCUT2D eigenvalue weighted by Gasteiger charge is 2.20. The predicted octanol–water partition coefficient (Wildman–Crippen LogP) is 12.1. The molecule has 0 unspecified atom stereocenters. The van der Waals surface area contributed by atoms with Crippen LogP contribution in [-0.4, -0.2) is 24.5 Å². The zero-order valence-electron chi connectivity index (χ0n) is 28.1. The van der Waals surface area contributed by atoms with Crippen LogP contribution in [0.1, 0.15) is 0 Å². The van der Waals surface area contributed by atoms with Gasteiger partial charge in [0.25, 0.3) is 0 Å². The number of hydrogen-bond acceptors (Lipinski definition) is 6. The van der Waals surface area contributed by atoms with Crippen molar-refractivity contribution in [2.75, 3.05) is 0 Å². The fourth-order valence-electron chi connectivity index (χ4n) is 7.46. The molecule has 0 saturated heterocycles. The third-order valence-electron chi connectivity index (χ3n) is 9.91. The zero-order valence-corrected chi connectivity index (χ0v) is 29.0. The van der Waals surface area contributed by atoms with Gasteiger partial charge in [0.05, 0.1) is 11.0 Å². The third kappa shape index (κ3) is 4.86. The standard InChI is InChI=1S/C46H27N5OS/c1-2-12-28(13-3-1)43-48-44(50-46(49-43)51-37-20-7-4-16-32(37)33-17-5-8-21-38(33)51)34-18-11-23-41-42(34)35-27-30(24-25-40(35)53-41)29-14-10-15-31(26-29)45-47-36-19-6-9-22-39(36)52-45/h1-27H. The van der Waals surface area contributed by atoms with Gasteiger partial charge in [-0.3, -0.25) is 4.57 Å². The minimum Gasteiger partial charge on any atom is -0.436 e. The number of aromatic nitrogens is 5. The average Bonchev–Trinajstić information content (AvgIpc) is 3.93. The van der Waals surface area contributed by atoms with Crippen molar-refractivity contribution >= 4 is 64.4 Å². The Morgan fingerprint density at radius 1 is 0.453 bits per heavy atom. The molecule has 248 valence electrons. The zero-order chi connectivity index (χ0) is 34.9. The summed E-state index contributed by atoms with van der Waals surface area (Å²) in [5.74, 6) is 2.45. The first-order valence-corrected chi connectivity index (χ1v) is 18.3. The minimum absolute atomic E-state index is 0.583. The van der Waals surface area contributed by atoms with E-state index >= 15 is 0 Å². The summed E-state index contributed by atoms with van der Waals surface area (Å²) in [6.07, 6.45) is 0. The lowest BCUT2D eigenvalue weighted by Gasteiger charge is -2.11. The maximum atomic E-state index is 6.12. The van der Waals surface area contributed by atoms with Crippen molar-refractivity contribution in [3.8, 4) is 51.3 Å². The molecular formula is C46H27N5OS. The van der Waals surface area contributed by atoms with Gasteiger partial charge in [-0.1, -0.05) is 109 Å². The maximum absolute atomic E-state index is 6.12. The van der Waals surface area contributed by atoms with Crippen molar-refractivity contribution in [3.05, 3.63) is 164 Å². The molecule has 0 aliphatic carbocycles. The molecule has 0 atom stereocenters. The molecule has 0 aliphatic heterocycles. The second-order valence-electron chi connectivity index (χ2n) is 13.1. The molecule has 0 bridgehead atoms. The number of benzene rings is 7. The van der Waals surface area contributed by atoms with Crippen LogP contribution in [0, 0.1) is 0 Å². The topological polar surface area (TPSA) is 69.6 Å². The number of hydrogen-bond donors (Lipinski definition) is 0. The van der Waals surface area contributed by atoms with E-state index < -0.39 is 0 Å². The summed E-state index contributed by atoms with van der Waals surface area (Å²) in [7, 11) is 0. The van der Waals surface area contributed by atoms with Crippen molar-refractivity contribution < 1.29 is 4.42 Å². The lowest BCUT2D eigenvalue weighted by Crippen LogP contribution is -2.06. The average molecular weight is 698 g/mol. The van der Waals surface area contributed by atoms with Crippen molar-refractivity contribution in [2.45, 2.75) is 0 Å². The summed E-state index contributed by atoms with van der Waals surface area (Å²) >= 11 is 1.78. The highest BCUT2D eigenvalue weighted by atomic mass is 32.1. The van der Waals surface area contributed by atoms with Gasteiger partial charge in [-0.05, 0) is 65.7 Å². The maximum Gasteiger partial charge on any atom is 0.238 e. The monoisotopic (exact) mass is 697 g/mol. The summed E-state index contributed by atoms with van der Waals surface area (Å²) in [6.45, 7) is 0. The molecule has 7 aromatic carbocycles. The molecule has 11 aromatic rings. The van der Waals surface area contributed by atoms with Gasteiger partial charge in [-0.25, -0.2) is 9.97 Å². The normalized spacial score (nSPS) is 11.8. The van der Waals surface area contributed by atoms with Crippen LogP contribution in [0.25, 0.3) is 104 Å². The van der Waals surface area contributed by atoms with E-state index in [-0.39, 0.29) is 0 Å². The Morgan fingerprint density at radius 2 is 1.13 bits per heavy atom. The van der Waals surface area contributed by atoms with Crippen LogP contribution < -0.4 is 0 Å². The van der Waals surface area contributed by atoms with Gasteiger partial charge in [0, 0.05) is 47.6 Å². The van der Waals surface area contributed by atoms with Gasteiger partial charge < -0.3 is 4.42 Å². The van der Waals surface area contributed by atoms with E-state index in [2.05, 4.69) is 120 Å². The molecule has 0 spiro atoms. The molecule has 0 N–H and O–H groups in total. The number of rotatable bonds is 5. The molecule has 7 heteroatoms. The van der Waals surface area contributed by atoms with E-state index in [1.165, 1.54) is 9.40 Å². The summed E-state index contributed by atoms with van der Waals surface area (Å²) in [6, 6.07) is 56.4. The van der Waals surface area contributed by atoms with Crippen molar-refractivity contribution in [1.82, 2.24) is 24.5 Å². The van der Waals surface area contributed by atoms with E-state index in [4.69, 9.17) is 24.4 Å². The molecule has 0 fully saturated rings. The fourth-order valence-corrected chi connectivity index (χ4v) is 8.57. The van der Waals surface area contributed by atoms with Crippen LogP contribution in [0.15, 0.2) is 168 Å². The molecule has 53 heavy (non-hydrogen) atoms.